The summed E-state index contributed by atoms with van der Waals surface area (Å²) in [6.07, 6.45) is 2.43. The number of nitrogens with one attached hydrogen (secondary N) is 1. The van der Waals surface area contributed by atoms with Gasteiger partial charge in [0.2, 0.25) is 5.91 Å². The number of hydrogen-bond acceptors (Lipinski definition) is 4. The number of aromatic nitrogens is 2. The van der Waals surface area contributed by atoms with Crippen LogP contribution in [0, 0.1) is 0 Å². The number of fused-ring (bicyclic) bond motifs is 1. The van der Waals surface area contributed by atoms with E-state index in [1.54, 1.807) is 14.7 Å². The third kappa shape index (κ3) is 2.87. The summed E-state index contributed by atoms with van der Waals surface area (Å²) in [6, 6.07) is 7.03. The van der Waals surface area contributed by atoms with Crippen LogP contribution >= 0.6 is 22.9 Å². The molecule has 0 aliphatic carbocycles. The lowest BCUT2D eigenvalue weighted by Gasteiger charge is -2.34. The lowest BCUT2D eigenvalue weighted by Crippen LogP contribution is -2.57. The molecule has 1 saturated heterocycles. The van der Waals surface area contributed by atoms with Gasteiger partial charge in [0.1, 0.15) is 11.7 Å². The molecular weight excluding hydrogens is 372 g/mol. The lowest BCUT2D eigenvalue weighted by atomic mass is 10.1. The van der Waals surface area contributed by atoms with Crippen molar-refractivity contribution in [2.45, 2.75) is 19.4 Å². The molecule has 1 N–H and O–H groups in total. The molecule has 26 heavy (non-hydrogen) atoms. The second kappa shape index (κ2) is 6.74. The Morgan fingerprint density at radius 2 is 2.31 bits per heavy atom. The molecule has 0 radical (unpaired) electrons. The Morgan fingerprint density at radius 1 is 1.46 bits per heavy atom. The molecule has 1 aliphatic heterocycles. The minimum Gasteiger partial charge on any atom is -0.353 e. The maximum absolute atomic E-state index is 13.1. The van der Waals surface area contributed by atoms with Crippen LogP contribution in [0.2, 0.25) is 5.02 Å². The van der Waals surface area contributed by atoms with E-state index < -0.39 is 6.04 Å². The molecule has 1 fully saturated rings. The first-order chi connectivity index (χ1) is 12.6. The number of benzene rings is 1. The fourth-order valence-electron chi connectivity index (χ4n) is 3.24. The number of carbonyl (C=O) groups excluding carboxylic acids is 2. The highest BCUT2D eigenvalue weighted by molar-refractivity contribution is 7.15. The highest BCUT2D eigenvalue weighted by atomic mass is 35.5. The van der Waals surface area contributed by atoms with Crippen molar-refractivity contribution in [1.29, 1.82) is 0 Å². The van der Waals surface area contributed by atoms with Crippen molar-refractivity contribution in [1.82, 2.24) is 19.6 Å². The van der Waals surface area contributed by atoms with E-state index in [2.05, 4.69) is 10.3 Å². The number of halogens is 1. The fourth-order valence-corrected chi connectivity index (χ4v) is 4.27. The molecule has 3 heterocycles. The van der Waals surface area contributed by atoms with Gasteiger partial charge in [-0.1, -0.05) is 30.7 Å². The molecule has 4 rings (SSSR count). The number of hydrogen-bond donors (Lipinski definition) is 1. The summed E-state index contributed by atoms with van der Waals surface area (Å²) in [5, 5.41) is 5.26. The molecule has 2 amide bonds. The van der Waals surface area contributed by atoms with Crippen LogP contribution in [0.3, 0.4) is 0 Å². The first kappa shape index (κ1) is 17.1. The summed E-state index contributed by atoms with van der Waals surface area (Å²) >= 11 is 7.47. The van der Waals surface area contributed by atoms with E-state index in [1.165, 1.54) is 11.3 Å². The lowest BCUT2D eigenvalue weighted by molar-refractivity contribution is -0.127. The summed E-state index contributed by atoms with van der Waals surface area (Å²) in [6.45, 7) is 2.90. The quantitative estimate of drug-likeness (QED) is 0.749. The van der Waals surface area contributed by atoms with Crippen molar-refractivity contribution in [2.24, 2.45) is 0 Å². The average Bonchev–Trinajstić information content (AvgIpc) is 3.21. The molecule has 134 valence electrons. The van der Waals surface area contributed by atoms with Crippen LogP contribution < -0.4 is 5.32 Å². The SMILES string of the molecule is CCC1C(=O)NCCN1C(=O)c1csc2nc(-c3cccc(Cl)c3)cn12. The second-order valence-corrected chi connectivity index (χ2v) is 7.40. The third-order valence-corrected chi connectivity index (χ3v) is 5.60. The zero-order chi connectivity index (χ0) is 18.3. The highest BCUT2D eigenvalue weighted by Gasteiger charge is 2.33. The van der Waals surface area contributed by atoms with Crippen molar-refractivity contribution in [3.63, 3.8) is 0 Å². The molecule has 0 bridgehead atoms. The van der Waals surface area contributed by atoms with Gasteiger partial charge in [-0.3, -0.25) is 14.0 Å². The Bertz CT molecular complexity index is 996. The van der Waals surface area contributed by atoms with Crippen LogP contribution in [0.4, 0.5) is 0 Å². The molecule has 0 saturated carbocycles. The van der Waals surface area contributed by atoms with E-state index in [-0.39, 0.29) is 11.8 Å². The number of carbonyl (C=O) groups is 2. The van der Waals surface area contributed by atoms with Crippen molar-refractivity contribution in [3.8, 4) is 11.3 Å². The van der Waals surface area contributed by atoms with Gasteiger partial charge in [-0.25, -0.2) is 4.98 Å². The van der Waals surface area contributed by atoms with E-state index in [0.29, 0.717) is 30.2 Å². The maximum atomic E-state index is 13.1. The van der Waals surface area contributed by atoms with Crippen LogP contribution in [0.5, 0.6) is 0 Å². The highest BCUT2D eigenvalue weighted by Crippen LogP contribution is 2.26. The molecule has 1 atom stereocenters. The maximum Gasteiger partial charge on any atom is 0.272 e. The molecule has 8 heteroatoms. The number of imidazole rings is 1. The standard InChI is InChI=1S/C18H17ClN4O2S/c1-2-14-16(24)20-6-7-22(14)17(25)15-10-26-18-21-13(9-23(15)18)11-4-3-5-12(19)8-11/h3-5,8-10,14H,2,6-7H2,1H3,(H,20,24). The molecular formula is C18H17ClN4O2S. The van der Waals surface area contributed by atoms with E-state index in [4.69, 9.17) is 11.6 Å². The normalized spacial score (nSPS) is 17.5. The number of amides is 2. The van der Waals surface area contributed by atoms with Crippen LogP contribution in [0.1, 0.15) is 23.8 Å². The van der Waals surface area contributed by atoms with Gasteiger partial charge in [-0.15, -0.1) is 11.3 Å². The number of thiazole rings is 1. The number of piperazine rings is 1. The van der Waals surface area contributed by atoms with E-state index in [0.717, 1.165) is 16.2 Å². The smallest absolute Gasteiger partial charge is 0.272 e. The summed E-state index contributed by atoms with van der Waals surface area (Å²) in [5.74, 6) is -0.239. The first-order valence-corrected chi connectivity index (χ1v) is 9.65. The largest absolute Gasteiger partial charge is 0.353 e. The third-order valence-electron chi connectivity index (χ3n) is 4.53. The van der Waals surface area contributed by atoms with Gasteiger partial charge in [-0.05, 0) is 18.6 Å². The van der Waals surface area contributed by atoms with Crippen LogP contribution in [-0.2, 0) is 4.79 Å². The molecule has 2 aromatic heterocycles. The Labute approximate surface area is 159 Å². The molecule has 1 aromatic carbocycles. The zero-order valence-corrected chi connectivity index (χ0v) is 15.7. The molecule has 6 nitrogen and oxygen atoms in total. The van der Waals surface area contributed by atoms with Gasteiger partial charge in [0.15, 0.2) is 4.96 Å². The first-order valence-electron chi connectivity index (χ1n) is 8.39. The topological polar surface area (TPSA) is 66.7 Å². The van der Waals surface area contributed by atoms with Gasteiger partial charge < -0.3 is 10.2 Å². The van der Waals surface area contributed by atoms with Gasteiger partial charge in [0.05, 0.1) is 5.69 Å². The van der Waals surface area contributed by atoms with Crippen molar-refractivity contribution >= 4 is 39.7 Å². The fraction of sp³-hybridized carbons (Fsp3) is 0.278. The Kier molecular flexibility index (Phi) is 4.42. The van der Waals surface area contributed by atoms with E-state index in [1.807, 2.05) is 37.4 Å². The summed E-state index contributed by atoms with van der Waals surface area (Å²) in [4.78, 5) is 32.1. The van der Waals surface area contributed by atoms with E-state index in [9.17, 15) is 9.59 Å². The number of rotatable bonds is 3. The summed E-state index contributed by atoms with van der Waals surface area (Å²) in [5.41, 5.74) is 2.19. The second-order valence-electron chi connectivity index (χ2n) is 6.12. The van der Waals surface area contributed by atoms with Crippen molar-refractivity contribution in [2.75, 3.05) is 13.1 Å². The van der Waals surface area contributed by atoms with Crippen LogP contribution in [-0.4, -0.2) is 45.2 Å². The van der Waals surface area contributed by atoms with E-state index >= 15 is 0 Å². The molecule has 3 aromatic rings. The number of nitrogens with zero attached hydrogens (tertiary/aromatic N) is 3. The molecule has 1 unspecified atom stereocenters. The summed E-state index contributed by atoms with van der Waals surface area (Å²) in [7, 11) is 0. The van der Waals surface area contributed by atoms with Gasteiger partial charge in [-0.2, -0.15) is 0 Å². The van der Waals surface area contributed by atoms with Crippen molar-refractivity contribution < 1.29 is 9.59 Å². The van der Waals surface area contributed by atoms with Crippen LogP contribution in [0.15, 0.2) is 35.8 Å². The van der Waals surface area contributed by atoms with Crippen LogP contribution in [0.25, 0.3) is 16.2 Å². The van der Waals surface area contributed by atoms with Gasteiger partial charge >= 0.3 is 0 Å². The van der Waals surface area contributed by atoms with Gasteiger partial charge in [0, 0.05) is 35.3 Å². The predicted molar refractivity (Wildman–Crippen MR) is 102 cm³/mol. The molecule has 1 aliphatic rings. The monoisotopic (exact) mass is 388 g/mol. The Morgan fingerprint density at radius 3 is 3.08 bits per heavy atom. The minimum atomic E-state index is -0.429. The Hall–Kier alpha value is -2.38. The zero-order valence-electron chi connectivity index (χ0n) is 14.1. The molecule has 0 spiro atoms. The van der Waals surface area contributed by atoms with Crippen molar-refractivity contribution in [3.05, 3.63) is 46.6 Å². The Balaban J connectivity index is 1.71. The summed E-state index contributed by atoms with van der Waals surface area (Å²) < 4.78 is 1.79. The predicted octanol–water partition coefficient (Wildman–Crippen LogP) is 3.07. The minimum absolute atomic E-state index is 0.0937. The van der Waals surface area contributed by atoms with Gasteiger partial charge in [0.25, 0.3) is 5.91 Å². The average molecular weight is 389 g/mol.